The van der Waals surface area contributed by atoms with E-state index in [1.54, 1.807) is 38.5 Å². The molecular formula is C36H36BrN5O6. The maximum absolute atomic E-state index is 14.6. The molecule has 4 aromatic carbocycles. The second-order valence-corrected chi connectivity index (χ2v) is 11.9. The van der Waals surface area contributed by atoms with E-state index in [9.17, 15) is 10.3 Å². The molecule has 248 valence electrons. The number of nitrogens with zero attached hydrogens (tertiary/aromatic N) is 4. The molecule has 2 N–H and O–H groups in total. The van der Waals surface area contributed by atoms with E-state index in [1.807, 2.05) is 66.7 Å². The van der Waals surface area contributed by atoms with Crippen LogP contribution in [0, 0.1) is 0 Å². The summed E-state index contributed by atoms with van der Waals surface area (Å²) in [5.74, 6) is 1.93. The van der Waals surface area contributed by atoms with E-state index in [0.29, 0.717) is 53.5 Å². The molecule has 0 radical (unpaired) electrons. The van der Waals surface area contributed by atoms with Crippen LogP contribution >= 0.6 is 15.9 Å². The highest BCUT2D eigenvalue weighted by Crippen LogP contribution is 2.44. The Labute approximate surface area is 287 Å². The molecule has 1 amide bonds. The molecule has 0 spiro atoms. The first-order valence-electron chi connectivity index (χ1n) is 15.4. The number of azide groups is 1. The third-order valence-electron chi connectivity index (χ3n) is 7.97. The Morgan fingerprint density at radius 2 is 1.77 bits per heavy atom. The summed E-state index contributed by atoms with van der Waals surface area (Å²) in [5, 5.41) is 16.1. The number of halogens is 1. The maximum atomic E-state index is 14.6. The zero-order valence-corrected chi connectivity index (χ0v) is 28.2. The zero-order chi connectivity index (χ0) is 33.9. The molecule has 0 fully saturated rings. The van der Waals surface area contributed by atoms with Gasteiger partial charge in [0.1, 0.15) is 17.2 Å². The average molecular weight is 715 g/mol. The lowest BCUT2D eigenvalue weighted by atomic mass is 9.81. The smallest absolute Gasteiger partial charge is 0.252 e. The molecule has 12 heteroatoms. The number of aliphatic hydroxyl groups excluding tert-OH is 1. The molecule has 5 rings (SSSR count). The van der Waals surface area contributed by atoms with E-state index in [1.165, 1.54) is 0 Å². The summed E-state index contributed by atoms with van der Waals surface area (Å²) in [6.45, 7) is 0.703. The largest absolute Gasteiger partial charge is 0.497 e. The van der Waals surface area contributed by atoms with Gasteiger partial charge in [0, 0.05) is 46.6 Å². The molecule has 0 bridgehead atoms. The van der Waals surface area contributed by atoms with Crippen molar-refractivity contribution in [3.05, 3.63) is 128 Å². The molecule has 1 aliphatic rings. The van der Waals surface area contributed by atoms with Gasteiger partial charge in [0.05, 0.1) is 20.8 Å². The fraction of sp³-hybridized carbons (Fsp3) is 0.278. The highest BCUT2D eigenvalue weighted by Gasteiger charge is 2.53. The molecule has 4 aromatic rings. The summed E-state index contributed by atoms with van der Waals surface area (Å²) in [6.07, 6.45) is 0.247. The maximum Gasteiger partial charge on any atom is 0.252 e. The third-order valence-corrected chi connectivity index (χ3v) is 8.50. The van der Waals surface area contributed by atoms with Crippen LogP contribution in [-0.4, -0.2) is 56.4 Å². The third kappa shape index (κ3) is 7.91. The Morgan fingerprint density at radius 3 is 2.48 bits per heavy atom. The van der Waals surface area contributed by atoms with Gasteiger partial charge in [0.2, 0.25) is 5.90 Å². The topological polar surface area (TPSA) is 147 Å². The number of rotatable bonds is 15. The van der Waals surface area contributed by atoms with Gasteiger partial charge in [-0.2, -0.15) is 0 Å². The number of ether oxygens (including phenoxy) is 4. The van der Waals surface area contributed by atoms with E-state index >= 15 is 0 Å². The molecule has 48 heavy (non-hydrogen) atoms. The molecular weight excluding hydrogens is 678 g/mol. The fourth-order valence-electron chi connectivity index (χ4n) is 5.56. The van der Waals surface area contributed by atoms with Gasteiger partial charge in [-0.25, -0.2) is 4.99 Å². The minimum atomic E-state index is -1.49. The number of aliphatic imine (C=N–C) groups is 1. The normalized spacial score (nSPS) is 16.7. The van der Waals surface area contributed by atoms with Crippen molar-refractivity contribution in [3.8, 4) is 17.2 Å². The summed E-state index contributed by atoms with van der Waals surface area (Å²) in [7, 11) is 3.20. The standard InChI is InChI=1S/C36H36BrN5O6/c1-45-30-16-17-32(46-2)26(22-30)18-19-39-35(44)36(23-27-6-3-4-7-31(27)41-42-38)33(24-8-12-28(37)13-9-24)48-34(40-36)25-10-14-29(15-11-25)47-21-5-20-43/h3-4,6-17,22,33,43H,5,18-21,23H2,1-2H3,(H,39,44)/t33-,36-/m1/s1. The first-order chi connectivity index (χ1) is 23.4. The van der Waals surface area contributed by atoms with Crippen molar-refractivity contribution >= 4 is 33.4 Å². The Hall–Kier alpha value is -5.03. The van der Waals surface area contributed by atoms with Crippen molar-refractivity contribution in [2.45, 2.75) is 30.9 Å². The summed E-state index contributed by atoms with van der Waals surface area (Å²) in [5.41, 5.74) is 11.1. The van der Waals surface area contributed by atoms with Crippen molar-refractivity contribution in [2.24, 2.45) is 10.1 Å². The van der Waals surface area contributed by atoms with Gasteiger partial charge < -0.3 is 29.4 Å². The van der Waals surface area contributed by atoms with Crippen LogP contribution in [0.1, 0.15) is 34.8 Å². The van der Waals surface area contributed by atoms with Crippen molar-refractivity contribution in [3.63, 3.8) is 0 Å². The van der Waals surface area contributed by atoms with Crippen LogP contribution in [0.2, 0.25) is 0 Å². The lowest BCUT2D eigenvalue weighted by molar-refractivity contribution is -0.128. The van der Waals surface area contributed by atoms with Crippen LogP contribution in [0.25, 0.3) is 10.4 Å². The predicted octanol–water partition coefficient (Wildman–Crippen LogP) is 7.03. The number of nitrogens with one attached hydrogen (secondary N) is 1. The molecule has 0 saturated carbocycles. The summed E-state index contributed by atoms with van der Waals surface area (Å²) in [4.78, 5) is 22.7. The summed E-state index contributed by atoms with van der Waals surface area (Å²) < 4.78 is 24.1. The quantitative estimate of drug-likeness (QED) is 0.0585. The second kappa shape index (κ2) is 16.2. The average Bonchev–Trinajstić information content (AvgIpc) is 3.50. The van der Waals surface area contributed by atoms with Crippen LogP contribution in [0.5, 0.6) is 17.2 Å². The Morgan fingerprint density at radius 1 is 1.02 bits per heavy atom. The van der Waals surface area contributed by atoms with Crippen molar-refractivity contribution < 1.29 is 28.8 Å². The van der Waals surface area contributed by atoms with Gasteiger partial charge in [-0.05, 0) is 83.2 Å². The van der Waals surface area contributed by atoms with Crippen LogP contribution in [0.15, 0.2) is 106 Å². The molecule has 1 heterocycles. The first-order valence-corrected chi connectivity index (χ1v) is 16.2. The Kier molecular flexibility index (Phi) is 11.6. The van der Waals surface area contributed by atoms with E-state index in [2.05, 4.69) is 31.3 Å². The minimum absolute atomic E-state index is 0.0419. The Bertz CT molecular complexity index is 1790. The van der Waals surface area contributed by atoms with E-state index in [-0.39, 0.29) is 31.4 Å². The fourth-order valence-corrected chi connectivity index (χ4v) is 5.82. The highest BCUT2D eigenvalue weighted by molar-refractivity contribution is 9.10. The number of carbonyl (C=O) groups is 1. The molecule has 0 aliphatic carbocycles. The van der Waals surface area contributed by atoms with Crippen LogP contribution in [0.3, 0.4) is 0 Å². The van der Waals surface area contributed by atoms with Crippen LogP contribution < -0.4 is 19.5 Å². The van der Waals surface area contributed by atoms with Gasteiger partial charge in [-0.1, -0.05) is 57.4 Å². The van der Waals surface area contributed by atoms with Crippen molar-refractivity contribution in [1.82, 2.24) is 5.32 Å². The first kappa shape index (κ1) is 34.3. The number of aliphatic hydroxyl groups is 1. The lowest BCUT2D eigenvalue weighted by Gasteiger charge is -2.31. The summed E-state index contributed by atoms with van der Waals surface area (Å²) in [6, 6.07) is 27.5. The van der Waals surface area contributed by atoms with Gasteiger partial charge in [0.25, 0.3) is 5.91 Å². The van der Waals surface area contributed by atoms with E-state index in [0.717, 1.165) is 15.6 Å². The molecule has 11 nitrogen and oxygen atoms in total. The summed E-state index contributed by atoms with van der Waals surface area (Å²) >= 11 is 3.51. The number of methoxy groups -OCH3 is 2. The van der Waals surface area contributed by atoms with Gasteiger partial charge in [-0.3, -0.25) is 4.79 Å². The number of amides is 1. The molecule has 0 aromatic heterocycles. The SMILES string of the molecule is COc1ccc(OC)c(CCNC(=O)[C@]2(Cc3ccccc3N=[N+]=[N-])N=C(c3ccc(OCCCO)cc3)O[C@@H]2c2ccc(Br)cc2)c1. The molecule has 0 unspecified atom stereocenters. The molecule has 1 aliphatic heterocycles. The van der Waals surface area contributed by atoms with E-state index in [4.69, 9.17) is 29.0 Å². The highest BCUT2D eigenvalue weighted by atomic mass is 79.9. The van der Waals surface area contributed by atoms with Gasteiger partial charge in [0.15, 0.2) is 11.6 Å². The number of hydrogen-bond acceptors (Lipinski definition) is 8. The van der Waals surface area contributed by atoms with Crippen molar-refractivity contribution in [1.29, 1.82) is 0 Å². The Balaban J connectivity index is 1.55. The number of benzene rings is 4. The predicted molar refractivity (Wildman–Crippen MR) is 186 cm³/mol. The van der Waals surface area contributed by atoms with Gasteiger partial charge >= 0.3 is 0 Å². The number of carbonyl (C=O) groups excluding carboxylic acids is 1. The van der Waals surface area contributed by atoms with Gasteiger partial charge in [-0.15, -0.1) is 0 Å². The van der Waals surface area contributed by atoms with Crippen molar-refractivity contribution in [2.75, 3.05) is 34.0 Å². The monoisotopic (exact) mass is 713 g/mol. The second-order valence-electron chi connectivity index (χ2n) is 11.0. The minimum Gasteiger partial charge on any atom is -0.497 e. The van der Waals surface area contributed by atoms with E-state index < -0.39 is 11.6 Å². The number of hydrogen-bond donors (Lipinski definition) is 2. The lowest BCUT2D eigenvalue weighted by Crippen LogP contribution is -2.50. The van der Waals surface area contributed by atoms with Crippen LogP contribution in [0.4, 0.5) is 5.69 Å². The molecule has 0 saturated heterocycles. The molecule has 2 atom stereocenters. The van der Waals surface area contributed by atoms with Crippen LogP contribution in [-0.2, 0) is 22.4 Å². The zero-order valence-electron chi connectivity index (χ0n) is 26.6.